The third-order valence-corrected chi connectivity index (χ3v) is 5.46. The zero-order valence-corrected chi connectivity index (χ0v) is 14.9. The minimum atomic E-state index is -3.34. The summed E-state index contributed by atoms with van der Waals surface area (Å²) in [5.41, 5.74) is 3.27. The average molecular weight is 361 g/mol. The molecule has 25 heavy (non-hydrogen) atoms. The fourth-order valence-electron chi connectivity index (χ4n) is 2.94. The monoisotopic (exact) mass is 361 g/mol. The van der Waals surface area contributed by atoms with Crippen LogP contribution >= 0.6 is 0 Å². The molecule has 1 N–H and O–H groups in total. The number of fused-ring (bicyclic) bond motifs is 4. The van der Waals surface area contributed by atoms with Gasteiger partial charge in [-0.15, -0.1) is 0 Å². The number of anilines is 1. The molecule has 0 amide bonds. The van der Waals surface area contributed by atoms with E-state index in [1.165, 1.54) is 37.6 Å². The molecular formula is C18H19NO5S. The van der Waals surface area contributed by atoms with Crippen LogP contribution in [0.1, 0.15) is 24.5 Å². The smallest absolute Gasteiger partial charge is 0.308 e. The fourth-order valence-corrected chi connectivity index (χ4v) is 4.14. The molecule has 2 aliphatic heterocycles. The number of methoxy groups -OCH3 is 1. The van der Waals surface area contributed by atoms with Crippen LogP contribution in [0.5, 0.6) is 11.5 Å². The second-order valence-corrected chi connectivity index (χ2v) is 7.50. The highest BCUT2D eigenvalue weighted by atomic mass is 32.2. The average Bonchev–Trinajstić information content (AvgIpc) is 3.01. The van der Waals surface area contributed by atoms with E-state index in [1.807, 2.05) is 12.1 Å². The van der Waals surface area contributed by atoms with E-state index in [0.29, 0.717) is 17.2 Å². The Balaban J connectivity index is 0.000000146. The number of sulfonamides is 1. The van der Waals surface area contributed by atoms with E-state index in [-0.39, 0.29) is 10.9 Å². The second-order valence-electron chi connectivity index (χ2n) is 5.85. The summed E-state index contributed by atoms with van der Waals surface area (Å²) in [7, 11) is -1.89. The lowest BCUT2D eigenvalue weighted by molar-refractivity contribution is -0.131. The molecule has 2 bridgehead atoms. The van der Waals surface area contributed by atoms with E-state index < -0.39 is 10.0 Å². The Hall–Kier alpha value is -2.54. The molecular weight excluding hydrogens is 342 g/mol. The van der Waals surface area contributed by atoms with Gasteiger partial charge in [0.15, 0.2) is 0 Å². The molecule has 132 valence electrons. The third-order valence-electron chi connectivity index (χ3n) is 4.04. The van der Waals surface area contributed by atoms with Crippen molar-refractivity contribution in [3.05, 3.63) is 47.5 Å². The van der Waals surface area contributed by atoms with Crippen LogP contribution in [0.2, 0.25) is 0 Å². The van der Waals surface area contributed by atoms with Gasteiger partial charge in [0.05, 0.1) is 12.8 Å². The van der Waals surface area contributed by atoms with Crippen molar-refractivity contribution in [1.82, 2.24) is 0 Å². The molecule has 5 rings (SSSR count). The number of esters is 1. The molecule has 0 fully saturated rings. The van der Waals surface area contributed by atoms with Crippen LogP contribution in [-0.2, 0) is 27.7 Å². The van der Waals surface area contributed by atoms with Crippen LogP contribution in [0.3, 0.4) is 0 Å². The summed E-state index contributed by atoms with van der Waals surface area (Å²) >= 11 is 0. The van der Waals surface area contributed by atoms with Gasteiger partial charge in [0.2, 0.25) is 0 Å². The molecule has 0 radical (unpaired) electrons. The van der Waals surface area contributed by atoms with Crippen molar-refractivity contribution in [2.24, 2.45) is 0 Å². The fraction of sp³-hybridized carbons (Fsp3) is 0.278. The highest BCUT2D eigenvalue weighted by Gasteiger charge is 2.25. The Morgan fingerprint density at radius 3 is 2.44 bits per heavy atom. The topological polar surface area (TPSA) is 81.7 Å². The van der Waals surface area contributed by atoms with Crippen LogP contribution < -0.4 is 14.2 Å². The number of carbonyl (C=O) groups is 1. The number of nitrogens with one attached hydrogen (secondary N) is 1. The van der Waals surface area contributed by atoms with E-state index in [0.717, 1.165) is 12.8 Å². The molecule has 2 aromatic carbocycles. The minimum Gasteiger partial charge on any atom is -0.495 e. The van der Waals surface area contributed by atoms with Crippen molar-refractivity contribution >= 4 is 21.7 Å². The summed E-state index contributed by atoms with van der Waals surface area (Å²) in [5.74, 6) is 0.817. The number of ether oxygens (including phenoxy) is 2. The van der Waals surface area contributed by atoms with Gasteiger partial charge in [0.1, 0.15) is 16.4 Å². The molecule has 6 nitrogen and oxygen atoms in total. The first-order chi connectivity index (χ1) is 11.9. The van der Waals surface area contributed by atoms with Crippen molar-refractivity contribution in [1.29, 1.82) is 0 Å². The van der Waals surface area contributed by atoms with E-state index in [1.54, 1.807) is 12.1 Å². The molecule has 1 aliphatic carbocycles. The highest BCUT2D eigenvalue weighted by molar-refractivity contribution is 7.93. The van der Waals surface area contributed by atoms with E-state index in [9.17, 15) is 13.2 Å². The molecule has 2 aromatic rings. The Kier molecular flexibility index (Phi) is 4.67. The first kappa shape index (κ1) is 17.3. The van der Waals surface area contributed by atoms with E-state index >= 15 is 0 Å². The third kappa shape index (κ3) is 3.76. The summed E-state index contributed by atoms with van der Waals surface area (Å²) in [6, 6.07) is 10.8. The SMILES string of the molecule is CC(=O)Oc1ccc2c(c1)CCC2.COc1cc2ccc1S(=O)(=O)N2. The van der Waals surface area contributed by atoms with Gasteiger partial charge in [-0.05, 0) is 54.7 Å². The van der Waals surface area contributed by atoms with Crippen molar-refractivity contribution < 1.29 is 22.7 Å². The zero-order chi connectivity index (χ0) is 18.0. The van der Waals surface area contributed by atoms with Gasteiger partial charge in [-0.1, -0.05) is 6.07 Å². The summed E-state index contributed by atoms with van der Waals surface area (Å²) in [6.45, 7) is 1.42. The van der Waals surface area contributed by atoms with Gasteiger partial charge in [0.25, 0.3) is 10.0 Å². The lowest BCUT2D eigenvalue weighted by atomic mass is 10.1. The van der Waals surface area contributed by atoms with Crippen LogP contribution in [0.25, 0.3) is 0 Å². The normalized spacial score (nSPS) is 15.4. The Morgan fingerprint density at radius 2 is 1.84 bits per heavy atom. The standard InChI is InChI=1S/C11H12O2.C7H7NO3S/c1-8(12)13-11-6-5-9-3-2-4-10(9)7-11;1-11-6-4-5-2-3-7(6)12(9,10)8-5/h5-7H,2-4H2,1H3;2-4,8H,1H3. The quantitative estimate of drug-likeness (QED) is 0.657. The number of aryl methyl sites for hydroxylation is 2. The maximum absolute atomic E-state index is 11.3. The summed E-state index contributed by atoms with van der Waals surface area (Å²) in [5, 5.41) is 0. The van der Waals surface area contributed by atoms with Gasteiger partial charge < -0.3 is 9.47 Å². The molecule has 0 saturated carbocycles. The molecule has 0 aromatic heterocycles. The number of hydrogen-bond donors (Lipinski definition) is 1. The van der Waals surface area contributed by atoms with Crippen LogP contribution in [0.4, 0.5) is 5.69 Å². The largest absolute Gasteiger partial charge is 0.495 e. The van der Waals surface area contributed by atoms with Crippen molar-refractivity contribution in [2.75, 3.05) is 11.8 Å². The van der Waals surface area contributed by atoms with Crippen LogP contribution in [0.15, 0.2) is 41.3 Å². The van der Waals surface area contributed by atoms with Crippen molar-refractivity contribution in [3.63, 3.8) is 0 Å². The lowest BCUT2D eigenvalue weighted by Crippen LogP contribution is -2.18. The molecule has 0 spiro atoms. The number of hydrogen-bond acceptors (Lipinski definition) is 5. The second kappa shape index (κ2) is 6.76. The first-order valence-corrected chi connectivity index (χ1v) is 9.38. The maximum atomic E-state index is 11.3. The van der Waals surface area contributed by atoms with Crippen molar-refractivity contribution in [2.45, 2.75) is 31.1 Å². The molecule has 0 unspecified atom stereocenters. The molecule has 2 heterocycles. The van der Waals surface area contributed by atoms with Crippen LogP contribution in [0, 0.1) is 0 Å². The van der Waals surface area contributed by atoms with Crippen LogP contribution in [-0.4, -0.2) is 21.5 Å². The summed E-state index contributed by atoms with van der Waals surface area (Å²) in [6.07, 6.45) is 3.50. The Labute approximate surface area is 146 Å². The predicted molar refractivity (Wildman–Crippen MR) is 93.6 cm³/mol. The van der Waals surface area contributed by atoms with Gasteiger partial charge >= 0.3 is 5.97 Å². The minimum absolute atomic E-state index is 0.194. The maximum Gasteiger partial charge on any atom is 0.308 e. The predicted octanol–water partition coefficient (Wildman–Crippen LogP) is 2.91. The Morgan fingerprint density at radius 1 is 1.08 bits per heavy atom. The highest BCUT2D eigenvalue weighted by Crippen LogP contribution is 2.33. The number of benzene rings is 2. The van der Waals surface area contributed by atoms with E-state index in [4.69, 9.17) is 9.47 Å². The first-order valence-electron chi connectivity index (χ1n) is 7.90. The van der Waals surface area contributed by atoms with Gasteiger partial charge in [-0.25, -0.2) is 8.42 Å². The molecule has 0 saturated heterocycles. The molecule has 0 atom stereocenters. The van der Waals surface area contributed by atoms with E-state index in [2.05, 4.69) is 10.8 Å². The molecule has 7 heteroatoms. The number of rotatable bonds is 2. The van der Waals surface area contributed by atoms with Crippen molar-refractivity contribution in [3.8, 4) is 11.5 Å². The number of carbonyl (C=O) groups excluding carboxylic acids is 1. The zero-order valence-electron chi connectivity index (χ0n) is 14.0. The Bertz CT molecular complexity index is 921. The van der Waals surface area contributed by atoms with Gasteiger partial charge in [-0.3, -0.25) is 9.52 Å². The summed E-state index contributed by atoms with van der Waals surface area (Å²) < 4.78 is 34.8. The summed E-state index contributed by atoms with van der Waals surface area (Å²) in [4.78, 5) is 10.9. The lowest BCUT2D eigenvalue weighted by Gasteiger charge is -2.18. The van der Waals surface area contributed by atoms with Gasteiger partial charge in [0, 0.05) is 13.0 Å². The van der Waals surface area contributed by atoms with Gasteiger partial charge in [-0.2, -0.15) is 0 Å². The molecule has 3 aliphatic rings.